The summed E-state index contributed by atoms with van der Waals surface area (Å²) in [5.74, 6) is 0.117. The van der Waals surface area contributed by atoms with Crippen LogP contribution in [-0.2, 0) is 14.3 Å². The number of carbonyl (C=O) groups excluding carboxylic acids is 3. The second kappa shape index (κ2) is 8.91. The van der Waals surface area contributed by atoms with Gasteiger partial charge >= 0.3 is 6.09 Å². The van der Waals surface area contributed by atoms with Crippen molar-refractivity contribution in [2.75, 3.05) is 6.61 Å². The molecule has 1 fully saturated rings. The number of nitrogens with zero attached hydrogens (tertiary/aromatic N) is 1. The Morgan fingerprint density at radius 3 is 2.50 bits per heavy atom. The van der Waals surface area contributed by atoms with Gasteiger partial charge in [-0.15, -0.1) is 0 Å². The van der Waals surface area contributed by atoms with Crippen LogP contribution in [0.5, 0.6) is 0 Å². The van der Waals surface area contributed by atoms with Gasteiger partial charge in [0.2, 0.25) is 5.91 Å². The molecule has 0 aliphatic carbocycles. The molecule has 0 aromatic heterocycles. The number of cyclic esters (lactones) is 1. The average Bonchev–Trinajstić information content (AvgIpc) is 2.83. The fourth-order valence-electron chi connectivity index (χ4n) is 2.88. The SMILES string of the molecule is CCC[C@H](CCCCC(C)=O)C(=O)N1C(=O)OC[C@@H]1C(C)C. The number of rotatable bonds is 9. The van der Waals surface area contributed by atoms with Gasteiger partial charge in [-0.05, 0) is 32.1 Å². The monoisotopic (exact) mass is 311 g/mol. The molecule has 0 radical (unpaired) electrons. The number of unbranched alkanes of at least 4 members (excludes halogenated alkanes) is 1. The lowest BCUT2D eigenvalue weighted by Gasteiger charge is -2.26. The summed E-state index contributed by atoms with van der Waals surface area (Å²) in [5, 5.41) is 0. The molecule has 2 amide bonds. The van der Waals surface area contributed by atoms with E-state index in [2.05, 4.69) is 0 Å². The normalized spacial score (nSPS) is 19.4. The number of Topliss-reactive ketones (excluding diaryl/α,β-unsaturated/α-hetero) is 1. The van der Waals surface area contributed by atoms with Gasteiger partial charge in [0.25, 0.3) is 0 Å². The molecule has 1 rings (SSSR count). The van der Waals surface area contributed by atoms with Crippen molar-refractivity contribution in [1.29, 1.82) is 0 Å². The Morgan fingerprint density at radius 1 is 1.27 bits per heavy atom. The quantitative estimate of drug-likeness (QED) is 0.611. The molecule has 22 heavy (non-hydrogen) atoms. The number of hydrogen-bond donors (Lipinski definition) is 0. The van der Waals surface area contributed by atoms with Crippen molar-refractivity contribution in [1.82, 2.24) is 4.90 Å². The van der Waals surface area contributed by atoms with Crippen LogP contribution in [0.1, 0.15) is 66.2 Å². The Kier molecular flexibility index (Phi) is 7.56. The lowest BCUT2D eigenvalue weighted by Crippen LogP contribution is -2.44. The molecule has 2 atom stereocenters. The third kappa shape index (κ3) is 5.11. The lowest BCUT2D eigenvalue weighted by atomic mass is 9.93. The highest BCUT2D eigenvalue weighted by Crippen LogP contribution is 2.26. The highest BCUT2D eigenvalue weighted by atomic mass is 16.6. The summed E-state index contributed by atoms with van der Waals surface area (Å²) in [6, 6.07) is -0.156. The van der Waals surface area contributed by atoms with Gasteiger partial charge in [-0.2, -0.15) is 0 Å². The summed E-state index contributed by atoms with van der Waals surface area (Å²) in [6.07, 6.45) is 4.11. The Hall–Kier alpha value is -1.39. The minimum atomic E-state index is -0.506. The van der Waals surface area contributed by atoms with Crippen molar-refractivity contribution < 1.29 is 19.1 Å². The highest BCUT2D eigenvalue weighted by Gasteiger charge is 2.41. The molecule has 0 N–H and O–H groups in total. The van der Waals surface area contributed by atoms with Crippen LogP contribution in [0, 0.1) is 11.8 Å². The van der Waals surface area contributed by atoms with Crippen molar-refractivity contribution >= 4 is 17.8 Å². The van der Waals surface area contributed by atoms with E-state index in [4.69, 9.17) is 4.74 Å². The molecular weight excluding hydrogens is 282 g/mol. The van der Waals surface area contributed by atoms with E-state index in [1.54, 1.807) is 6.92 Å². The summed E-state index contributed by atoms with van der Waals surface area (Å²) in [7, 11) is 0. The number of imide groups is 1. The van der Waals surface area contributed by atoms with Crippen molar-refractivity contribution in [3.63, 3.8) is 0 Å². The predicted octanol–water partition coefficient (Wildman–Crippen LogP) is 3.56. The standard InChI is InChI=1S/C17H29NO4/c1-5-8-14(10-7-6-9-13(4)19)16(20)18-15(12(2)3)11-22-17(18)21/h12,14-15H,5-11H2,1-4H3/t14-,15-/m1/s1. The topological polar surface area (TPSA) is 63.7 Å². The summed E-state index contributed by atoms with van der Waals surface area (Å²) < 4.78 is 5.07. The first-order valence-corrected chi connectivity index (χ1v) is 8.37. The third-order valence-electron chi connectivity index (χ3n) is 4.23. The fourth-order valence-corrected chi connectivity index (χ4v) is 2.88. The summed E-state index contributed by atoms with van der Waals surface area (Å²) >= 11 is 0. The van der Waals surface area contributed by atoms with E-state index in [1.807, 2.05) is 20.8 Å². The molecule has 5 heteroatoms. The molecule has 0 saturated carbocycles. The fraction of sp³-hybridized carbons (Fsp3) is 0.824. The Balaban J connectivity index is 2.66. The van der Waals surface area contributed by atoms with Crippen LogP contribution in [0.25, 0.3) is 0 Å². The maximum atomic E-state index is 12.7. The van der Waals surface area contributed by atoms with Gasteiger partial charge in [0.15, 0.2) is 0 Å². The third-order valence-corrected chi connectivity index (χ3v) is 4.23. The number of ether oxygens (including phenoxy) is 1. The van der Waals surface area contributed by atoms with E-state index < -0.39 is 6.09 Å². The average molecular weight is 311 g/mol. The van der Waals surface area contributed by atoms with Crippen LogP contribution < -0.4 is 0 Å². The van der Waals surface area contributed by atoms with Crippen LogP contribution in [0.15, 0.2) is 0 Å². The van der Waals surface area contributed by atoms with Gasteiger partial charge in [-0.25, -0.2) is 9.69 Å². The van der Waals surface area contributed by atoms with Crippen LogP contribution in [0.3, 0.4) is 0 Å². The van der Waals surface area contributed by atoms with Gasteiger partial charge < -0.3 is 9.53 Å². The second-order valence-electron chi connectivity index (χ2n) is 6.53. The van der Waals surface area contributed by atoms with Crippen molar-refractivity contribution in [2.24, 2.45) is 11.8 Å². The number of amides is 2. The lowest BCUT2D eigenvalue weighted by molar-refractivity contribution is -0.134. The molecule has 0 spiro atoms. The molecule has 0 aromatic rings. The summed E-state index contributed by atoms with van der Waals surface area (Å²) in [5.41, 5.74) is 0. The maximum absolute atomic E-state index is 12.7. The first-order valence-electron chi connectivity index (χ1n) is 8.37. The van der Waals surface area contributed by atoms with E-state index >= 15 is 0 Å². The van der Waals surface area contributed by atoms with Crippen molar-refractivity contribution in [3.05, 3.63) is 0 Å². The van der Waals surface area contributed by atoms with Crippen molar-refractivity contribution in [2.45, 2.75) is 72.3 Å². The van der Waals surface area contributed by atoms with Gasteiger partial charge in [0, 0.05) is 12.3 Å². The number of carbonyl (C=O) groups is 3. The Bertz CT molecular complexity index is 405. The zero-order chi connectivity index (χ0) is 16.7. The van der Waals surface area contributed by atoms with Crippen LogP contribution in [-0.4, -0.2) is 35.3 Å². The van der Waals surface area contributed by atoms with E-state index in [9.17, 15) is 14.4 Å². The predicted molar refractivity (Wildman–Crippen MR) is 84.4 cm³/mol. The van der Waals surface area contributed by atoms with Gasteiger partial charge in [0.1, 0.15) is 12.4 Å². The zero-order valence-electron chi connectivity index (χ0n) is 14.3. The maximum Gasteiger partial charge on any atom is 0.416 e. The minimum absolute atomic E-state index is 0.106. The Morgan fingerprint density at radius 2 is 1.95 bits per heavy atom. The molecule has 1 aliphatic heterocycles. The molecule has 5 nitrogen and oxygen atoms in total. The van der Waals surface area contributed by atoms with Crippen LogP contribution in [0.2, 0.25) is 0 Å². The zero-order valence-corrected chi connectivity index (χ0v) is 14.3. The number of hydrogen-bond acceptors (Lipinski definition) is 4. The van der Waals surface area contributed by atoms with E-state index in [1.165, 1.54) is 4.90 Å². The molecule has 0 aromatic carbocycles. The van der Waals surface area contributed by atoms with Crippen LogP contribution >= 0.6 is 0 Å². The highest BCUT2D eigenvalue weighted by molar-refractivity contribution is 5.94. The van der Waals surface area contributed by atoms with Gasteiger partial charge in [-0.3, -0.25) is 4.79 Å². The van der Waals surface area contributed by atoms with Crippen molar-refractivity contribution in [3.8, 4) is 0 Å². The molecule has 0 unspecified atom stereocenters. The molecule has 1 saturated heterocycles. The molecule has 1 heterocycles. The van der Waals surface area contributed by atoms with Gasteiger partial charge in [0.05, 0.1) is 6.04 Å². The van der Waals surface area contributed by atoms with Gasteiger partial charge in [-0.1, -0.05) is 33.6 Å². The minimum Gasteiger partial charge on any atom is -0.447 e. The summed E-state index contributed by atoms with van der Waals surface area (Å²) in [4.78, 5) is 37.0. The van der Waals surface area contributed by atoms with E-state index in [0.29, 0.717) is 13.0 Å². The molecule has 1 aliphatic rings. The van der Waals surface area contributed by atoms with E-state index in [0.717, 1.165) is 32.1 Å². The first kappa shape index (κ1) is 18.7. The molecule has 0 bridgehead atoms. The second-order valence-corrected chi connectivity index (χ2v) is 6.53. The Labute approximate surface area is 133 Å². The van der Waals surface area contributed by atoms with Crippen LogP contribution in [0.4, 0.5) is 4.79 Å². The summed E-state index contributed by atoms with van der Waals surface area (Å²) in [6.45, 7) is 7.91. The number of ketones is 1. The molecular formula is C17H29NO4. The largest absolute Gasteiger partial charge is 0.447 e. The first-order chi connectivity index (χ1) is 10.4. The molecule has 126 valence electrons. The van der Waals surface area contributed by atoms with E-state index in [-0.39, 0.29) is 29.6 Å². The smallest absolute Gasteiger partial charge is 0.416 e.